The smallest absolute Gasteiger partial charge is 0.0939 e. The summed E-state index contributed by atoms with van der Waals surface area (Å²) in [6.45, 7) is 0. The maximum Gasteiger partial charge on any atom is 0.0939 e. The molecular weight excluding hydrogens is 584 g/mol. The van der Waals surface area contributed by atoms with Crippen LogP contribution < -0.4 is 10.7 Å². The number of halogens is 3. The summed E-state index contributed by atoms with van der Waals surface area (Å²) in [6, 6.07) is 26.0. The normalized spacial score (nSPS) is 11.2. The van der Waals surface area contributed by atoms with Crippen molar-refractivity contribution in [2.24, 2.45) is 0 Å². The Morgan fingerprint density at radius 2 is 1.55 bits per heavy atom. The molecule has 1 aliphatic carbocycles. The maximum absolute atomic E-state index is 8.83. The largest absolute Gasteiger partial charge is 0.353 e. The van der Waals surface area contributed by atoms with Gasteiger partial charge >= 0.3 is 0 Å². The number of benzene rings is 4. The molecule has 7 heteroatoms. The molecule has 0 radical (unpaired) electrons. The molecule has 1 heterocycles. The number of hydrogen-bond acceptors (Lipinski definition) is 3. The van der Waals surface area contributed by atoms with E-state index in [0.717, 1.165) is 42.7 Å². The lowest BCUT2D eigenvalue weighted by Gasteiger charge is -2.21. The van der Waals surface area contributed by atoms with E-state index in [-0.39, 0.29) is 0 Å². The summed E-state index contributed by atoms with van der Waals surface area (Å²) < 4.78 is 4.72. The second-order valence-electron chi connectivity index (χ2n) is 7.00. The zero-order valence-electron chi connectivity index (χ0n) is 16.0. The molecule has 5 rings (SSSR count). The van der Waals surface area contributed by atoms with Gasteiger partial charge in [0.1, 0.15) is 0 Å². The summed E-state index contributed by atoms with van der Waals surface area (Å²) in [6.07, 6.45) is 0. The molecule has 2 aliphatic rings. The summed E-state index contributed by atoms with van der Waals surface area (Å²) >= 11 is 10.8. The van der Waals surface area contributed by atoms with Gasteiger partial charge < -0.3 is 9.88 Å². The van der Waals surface area contributed by atoms with E-state index in [4.69, 9.17) is 10.4 Å². The number of aromatic nitrogens is 2. The molecule has 0 saturated carbocycles. The van der Waals surface area contributed by atoms with Crippen LogP contribution in [0.3, 0.4) is 0 Å². The van der Waals surface area contributed by atoms with Gasteiger partial charge in [-0.15, -0.1) is 0 Å². The quantitative estimate of drug-likeness (QED) is 0.210. The number of nitrogens with zero attached hydrogens (tertiary/aromatic N) is 2. The highest BCUT2D eigenvalue weighted by Gasteiger charge is 2.20. The van der Waals surface area contributed by atoms with E-state index < -0.39 is 0 Å². The van der Waals surface area contributed by atoms with Gasteiger partial charge in [-0.3, -0.25) is 5.41 Å². The summed E-state index contributed by atoms with van der Waals surface area (Å²) in [5.41, 5.74) is 6.08. The van der Waals surface area contributed by atoms with Gasteiger partial charge in [0.05, 0.1) is 43.6 Å². The minimum atomic E-state index is 0.365. The molecule has 31 heavy (non-hydrogen) atoms. The molecule has 0 amide bonds. The number of para-hydroxylation sites is 3. The van der Waals surface area contributed by atoms with E-state index in [1.165, 1.54) is 0 Å². The van der Waals surface area contributed by atoms with E-state index >= 15 is 0 Å². The molecule has 0 spiro atoms. The van der Waals surface area contributed by atoms with E-state index in [2.05, 4.69) is 75.9 Å². The standard InChI is InChI=1S/C24H15Br3N4/c25-14-10-11-17(16(26)12-14)29-19-13-20-24(22(27)23(19)28)31(15-6-2-1-3-7-15)21-9-5-4-8-18(21)30-20/h1-13,28-29H. The van der Waals surface area contributed by atoms with Crippen molar-refractivity contribution in [2.45, 2.75) is 0 Å². The number of rotatable bonds is 3. The monoisotopic (exact) mass is 596 g/mol. The van der Waals surface area contributed by atoms with Gasteiger partial charge in [-0.05, 0) is 80.4 Å². The third kappa shape index (κ3) is 3.71. The molecule has 0 unspecified atom stereocenters. The van der Waals surface area contributed by atoms with Crippen LogP contribution in [0.4, 0.5) is 11.4 Å². The van der Waals surface area contributed by atoms with Crippen molar-refractivity contribution < 1.29 is 0 Å². The van der Waals surface area contributed by atoms with Gasteiger partial charge in [0.2, 0.25) is 0 Å². The van der Waals surface area contributed by atoms with Gasteiger partial charge in [-0.25, -0.2) is 4.98 Å². The summed E-state index contributed by atoms with van der Waals surface area (Å²) in [5.74, 6) is 0. The fourth-order valence-electron chi connectivity index (χ4n) is 3.60. The molecule has 0 saturated heterocycles. The predicted molar refractivity (Wildman–Crippen MR) is 136 cm³/mol. The molecule has 0 bridgehead atoms. The molecule has 0 atom stereocenters. The predicted octanol–water partition coefficient (Wildman–Crippen LogP) is 7.64. The molecule has 152 valence electrons. The number of hydrogen-bond donors (Lipinski definition) is 2. The average Bonchev–Trinajstić information content (AvgIpc) is 2.78. The van der Waals surface area contributed by atoms with Crippen LogP contribution in [0.15, 0.2) is 92.3 Å². The van der Waals surface area contributed by atoms with Crippen molar-refractivity contribution in [3.05, 3.63) is 97.6 Å². The van der Waals surface area contributed by atoms with Crippen molar-refractivity contribution in [3.63, 3.8) is 0 Å². The van der Waals surface area contributed by atoms with Crippen molar-refractivity contribution in [1.82, 2.24) is 9.55 Å². The first-order valence-corrected chi connectivity index (χ1v) is 11.9. The van der Waals surface area contributed by atoms with Crippen molar-refractivity contribution in [3.8, 4) is 17.1 Å². The van der Waals surface area contributed by atoms with Crippen molar-refractivity contribution in [1.29, 1.82) is 5.41 Å². The highest BCUT2D eigenvalue weighted by atomic mass is 79.9. The minimum Gasteiger partial charge on any atom is -0.353 e. The van der Waals surface area contributed by atoms with Crippen LogP contribution in [0.1, 0.15) is 0 Å². The summed E-state index contributed by atoms with van der Waals surface area (Å²) in [5, 5.41) is 12.6. The van der Waals surface area contributed by atoms with Gasteiger partial charge in [-0.2, -0.15) is 0 Å². The molecule has 4 nitrogen and oxygen atoms in total. The van der Waals surface area contributed by atoms with Crippen molar-refractivity contribution in [2.75, 3.05) is 5.32 Å². The second kappa shape index (κ2) is 8.22. The molecule has 3 aromatic carbocycles. The minimum absolute atomic E-state index is 0.365. The lowest BCUT2D eigenvalue weighted by Crippen LogP contribution is -2.16. The zero-order chi connectivity index (χ0) is 21.5. The highest BCUT2D eigenvalue weighted by Crippen LogP contribution is 2.36. The first kappa shape index (κ1) is 20.4. The van der Waals surface area contributed by atoms with E-state index in [9.17, 15) is 0 Å². The van der Waals surface area contributed by atoms with Crippen LogP contribution in [-0.2, 0) is 0 Å². The Balaban J connectivity index is 1.80. The van der Waals surface area contributed by atoms with Crippen LogP contribution in [0, 0.1) is 5.41 Å². The zero-order valence-corrected chi connectivity index (χ0v) is 20.8. The van der Waals surface area contributed by atoms with Gasteiger partial charge in [0.15, 0.2) is 0 Å². The van der Waals surface area contributed by atoms with E-state index in [1.807, 2.05) is 60.7 Å². The van der Waals surface area contributed by atoms with Crippen LogP contribution in [0.5, 0.6) is 0 Å². The molecule has 2 N–H and O–H groups in total. The third-order valence-electron chi connectivity index (χ3n) is 5.02. The maximum atomic E-state index is 8.83. The summed E-state index contributed by atoms with van der Waals surface area (Å²) in [4.78, 5) is 4.91. The second-order valence-corrected chi connectivity index (χ2v) is 9.56. The third-order valence-corrected chi connectivity index (χ3v) is 6.94. The fourth-order valence-corrected chi connectivity index (χ4v) is 5.34. The molecule has 3 aromatic rings. The lowest BCUT2D eigenvalue weighted by molar-refractivity contribution is 1.06. The number of fused-ring (bicyclic) bond motifs is 2. The SMILES string of the molecule is N=c1c(Nc2ccc(Br)cc2Br)cc2nc3ccccc3n(-c3ccccc3)c-2c1Br. The fraction of sp³-hybridized carbons (Fsp3) is 0. The molecule has 0 fully saturated rings. The van der Waals surface area contributed by atoms with Crippen LogP contribution in [0.25, 0.3) is 28.1 Å². The first-order valence-electron chi connectivity index (χ1n) is 9.49. The van der Waals surface area contributed by atoms with Gasteiger partial charge in [0.25, 0.3) is 0 Å². The Kier molecular flexibility index (Phi) is 5.42. The Labute approximate surface area is 204 Å². The van der Waals surface area contributed by atoms with E-state index in [1.54, 1.807) is 0 Å². The Morgan fingerprint density at radius 1 is 0.806 bits per heavy atom. The van der Waals surface area contributed by atoms with Gasteiger partial charge in [0, 0.05) is 14.6 Å². The number of anilines is 2. The Hall–Kier alpha value is -2.48. The first-order chi connectivity index (χ1) is 15.0. The lowest BCUT2D eigenvalue weighted by atomic mass is 10.1. The highest BCUT2D eigenvalue weighted by molar-refractivity contribution is 9.11. The average molecular weight is 599 g/mol. The van der Waals surface area contributed by atoms with E-state index in [0.29, 0.717) is 15.5 Å². The number of nitrogens with one attached hydrogen (secondary N) is 2. The van der Waals surface area contributed by atoms with Gasteiger partial charge in [-0.1, -0.05) is 46.3 Å². The van der Waals surface area contributed by atoms with Crippen molar-refractivity contribution >= 4 is 70.2 Å². The van der Waals surface area contributed by atoms with Crippen LogP contribution >= 0.6 is 47.8 Å². The molecular formula is C24H15Br3N4. The molecule has 1 aliphatic heterocycles. The Bertz CT molecular complexity index is 1460. The summed E-state index contributed by atoms with van der Waals surface area (Å²) in [7, 11) is 0. The van der Waals surface area contributed by atoms with Crippen LogP contribution in [-0.4, -0.2) is 9.55 Å². The van der Waals surface area contributed by atoms with Crippen LogP contribution in [0.2, 0.25) is 0 Å². The Morgan fingerprint density at radius 3 is 2.32 bits per heavy atom. The molecule has 0 aromatic heterocycles. The topological polar surface area (TPSA) is 53.7 Å².